The molecule has 0 amide bonds. The minimum atomic E-state index is 0.160. The normalized spacial score (nSPS) is 16.5. The maximum Gasteiger partial charge on any atom is 0.161 e. The summed E-state index contributed by atoms with van der Waals surface area (Å²) in [4.78, 5) is 0. The Labute approximate surface area is 116 Å². The Morgan fingerprint density at radius 2 is 2.00 bits per heavy atom. The van der Waals surface area contributed by atoms with Gasteiger partial charge in [-0.2, -0.15) is 0 Å². The Hall–Kier alpha value is -1.22. The summed E-state index contributed by atoms with van der Waals surface area (Å²) in [5, 5.41) is 3.52. The van der Waals surface area contributed by atoms with Crippen molar-refractivity contribution >= 4 is 0 Å². The summed E-state index contributed by atoms with van der Waals surface area (Å²) >= 11 is 0. The second-order valence-corrected chi connectivity index (χ2v) is 6.07. The quantitative estimate of drug-likeness (QED) is 0.818. The maximum atomic E-state index is 5.71. The van der Waals surface area contributed by atoms with Gasteiger partial charge in [0.15, 0.2) is 11.5 Å². The Kier molecular flexibility index (Phi) is 4.35. The summed E-state index contributed by atoms with van der Waals surface area (Å²) in [6.45, 7) is 8.35. The van der Waals surface area contributed by atoms with E-state index in [1.54, 1.807) is 7.11 Å². The van der Waals surface area contributed by atoms with Crippen molar-refractivity contribution in [2.75, 3.05) is 13.7 Å². The van der Waals surface area contributed by atoms with Crippen molar-refractivity contribution in [2.45, 2.75) is 46.3 Å². The van der Waals surface area contributed by atoms with E-state index in [-0.39, 0.29) is 6.10 Å². The van der Waals surface area contributed by atoms with Crippen LogP contribution >= 0.6 is 0 Å². The predicted octanol–water partition coefficient (Wildman–Crippen LogP) is 3.37. The van der Waals surface area contributed by atoms with E-state index in [9.17, 15) is 0 Å². The lowest BCUT2D eigenvalue weighted by Crippen LogP contribution is -2.21. The molecule has 19 heavy (non-hydrogen) atoms. The van der Waals surface area contributed by atoms with Crippen LogP contribution in [0.25, 0.3) is 0 Å². The molecule has 0 aromatic heterocycles. The van der Waals surface area contributed by atoms with Gasteiger partial charge in [0.2, 0.25) is 0 Å². The fourth-order valence-electron chi connectivity index (χ4n) is 2.07. The fraction of sp³-hybridized carbons (Fsp3) is 0.625. The molecule has 106 valence electrons. The molecule has 1 saturated carbocycles. The number of methoxy groups -OCH3 is 1. The van der Waals surface area contributed by atoms with Crippen LogP contribution in [0, 0.1) is 5.41 Å². The average Bonchev–Trinajstić information content (AvgIpc) is 3.08. The molecule has 0 heterocycles. The summed E-state index contributed by atoms with van der Waals surface area (Å²) in [5.74, 6) is 1.63. The fourth-order valence-corrected chi connectivity index (χ4v) is 2.07. The molecule has 0 unspecified atom stereocenters. The van der Waals surface area contributed by atoms with Crippen LogP contribution in [-0.2, 0) is 6.54 Å². The minimum absolute atomic E-state index is 0.160. The van der Waals surface area contributed by atoms with E-state index in [1.807, 2.05) is 19.9 Å². The van der Waals surface area contributed by atoms with Gasteiger partial charge in [-0.25, -0.2) is 0 Å². The smallest absolute Gasteiger partial charge is 0.161 e. The number of ether oxygens (including phenoxy) is 2. The molecule has 0 saturated heterocycles. The zero-order valence-corrected chi connectivity index (χ0v) is 12.5. The third kappa shape index (κ3) is 4.13. The molecule has 0 atom stereocenters. The van der Waals surface area contributed by atoms with E-state index >= 15 is 0 Å². The first-order valence-corrected chi connectivity index (χ1v) is 7.07. The van der Waals surface area contributed by atoms with Crippen LogP contribution in [0.1, 0.15) is 39.2 Å². The summed E-state index contributed by atoms with van der Waals surface area (Å²) in [5.41, 5.74) is 1.78. The van der Waals surface area contributed by atoms with E-state index in [0.717, 1.165) is 24.6 Å². The van der Waals surface area contributed by atoms with Gasteiger partial charge in [-0.3, -0.25) is 0 Å². The van der Waals surface area contributed by atoms with Crippen molar-refractivity contribution < 1.29 is 9.47 Å². The van der Waals surface area contributed by atoms with E-state index < -0.39 is 0 Å². The lowest BCUT2D eigenvalue weighted by atomic mass is 10.1. The first-order valence-electron chi connectivity index (χ1n) is 7.07. The molecular weight excluding hydrogens is 238 g/mol. The van der Waals surface area contributed by atoms with Crippen LogP contribution in [0.2, 0.25) is 0 Å². The lowest BCUT2D eigenvalue weighted by molar-refractivity contribution is 0.230. The van der Waals surface area contributed by atoms with Crippen LogP contribution < -0.4 is 14.8 Å². The molecule has 0 radical (unpaired) electrons. The molecule has 1 N–H and O–H groups in total. The summed E-state index contributed by atoms with van der Waals surface area (Å²) in [7, 11) is 1.69. The topological polar surface area (TPSA) is 30.5 Å². The average molecular weight is 263 g/mol. The third-order valence-electron chi connectivity index (χ3n) is 3.58. The number of benzene rings is 1. The van der Waals surface area contributed by atoms with Crippen LogP contribution in [-0.4, -0.2) is 19.8 Å². The first kappa shape index (κ1) is 14.2. The van der Waals surface area contributed by atoms with Gasteiger partial charge in [-0.05, 0) is 49.8 Å². The van der Waals surface area contributed by atoms with Crippen molar-refractivity contribution in [1.29, 1.82) is 0 Å². The second kappa shape index (κ2) is 5.83. The third-order valence-corrected chi connectivity index (χ3v) is 3.58. The van der Waals surface area contributed by atoms with Crippen LogP contribution in [0.4, 0.5) is 0 Å². The molecule has 0 spiro atoms. The zero-order chi connectivity index (χ0) is 13.9. The second-order valence-electron chi connectivity index (χ2n) is 6.07. The number of hydrogen-bond donors (Lipinski definition) is 1. The van der Waals surface area contributed by atoms with Crippen LogP contribution in [0.3, 0.4) is 0 Å². The SMILES string of the molecule is COc1cc(CNCC2(C)CC2)ccc1OC(C)C. The van der Waals surface area contributed by atoms with E-state index in [1.165, 1.54) is 18.4 Å². The molecule has 3 nitrogen and oxygen atoms in total. The van der Waals surface area contributed by atoms with Gasteiger partial charge >= 0.3 is 0 Å². The molecule has 1 aliphatic carbocycles. The van der Waals surface area contributed by atoms with Crippen LogP contribution in [0.5, 0.6) is 11.5 Å². The molecule has 0 aliphatic heterocycles. The van der Waals surface area contributed by atoms with E-state index in [2.05, 4.69) is 24.4 Å². The van der Waals surface area contributed by atoms with Crippen molar-refractivity contribution in [1.82, 2.24) is 5.32 Å². The molecular formula is C16H25NO2. The standard InChI is InChI=1S/C16H25NO2/c1-12(2)19-14-6-5-13(9-15(14)18-4)10-17-11-16(3)7-8-16/h5-6,9,12,17H,7-8,10-11H2,1-4H3. The lowest BCUT2D eigenvalue weighted by Gasteiger charge is -2.15. The molecule has 1 aromatic carbocycles. The summed E-state index contributed by atoms with van der Waals surface area (Å²) in [6.07, 6.45) is 2.86. The maximum absolute atomic E-state index is 5.71. The van der Waals surface area contributed by atoms with Gasteiger partial charge in [0.25, 0.3) is 0 Å². The van der Waals surface area contributed by atoms with Crippen LogP contribution in [0.15, 0.2) is 18.2 Å². The minimum Gasteiger partial charge on any atom is -0.493 e. The monoisotopic (exact) mass is 263 g/mol. The molecule has 1 aliphatic rings. The van der Waals surface area contributed by atoms with Gasteiger partial charge in [0.1, 0.15) is 0 Å². The first-order chi connectivity index (χ1) is 9.02. The van der Waals surface area contributed by atoms with E-state index in [4.69, 9.17) is 9.47 Å². The van der Waals surface area contributed by atoms with Gasteiger partial charge in [0, 0.05) is 13.1 Å². The zero-order valence-electron chi connectivity index (χ0n) is 12.5. The molecule has 0 bridgehead atoms. The number of nitrogens with one attached hydrogen (secondary N) is 1. The largest absolute Gasteiger partial charge is 0.493 e. The number of rotatable bonds is 7. The molecule has 3 heteroatoms. The van der Waals surface area contributed by atoms with Gasteiger partial charge in [-0.1, -0.05) is 13.0 Å². The van der Waals surface area contributed by atoms with E-state index in [0.29, 0.717) is 5.41 Å². The predicted molar refractivity (Wildman–Crippen MR) is 77.8 cm³/mol. The summed E-state index contributed by atoms with van der Waals surface area (Å²) in [6, 6.07) is 6.15. The van der Waals surface area contributed by atoms with Gasteiger partial charge in [-0.15, -0.1) is 0 Å². The van der Waals surface area contributed by atoms with Crippen molar-refractivity contribution in [3.63, 3.8) is 0 Å². The highest BCUT2D eigenvalue weighted by Gasteiger charge is 2.36. The highest BCUT2D eigenvalue weighted by atomic mass is 16.5. The van der Waals surface area contributed by atoms with Crippen molar-refractivity contribution in [2.24, 2.45) is 5.41 Å². The number of hydrogen-bond acceptors (Lipinski definition) is 3. The Morgan fingerprint density at radius 1 is 1.26 bits per heavy atom. The highest BCUT2D eigenvalue weighted by Crippen LogP contribution is 2.44. The Balaban J connectivity index is 1.93. The Morgan fingerprint density at radius 3 is 2.58 bits per heavy atom. The molecule has 1 aromatic rings. The van der Waals surface area contributed by atoms with Crippen molar-refractivity contribution in [3.05, 3.63) is 23.8 Å². The van der Waals surface area contributed by atoms with Gasteiger partial charge in [0.05, 0.1) is 13.2 Å². The highest BCUT2D eigenvalue weighted by molar-refractivity contribution is 5.43. The molecule has 1 fully saturated rings. The van der Waals surface area contributed by atoms with Crippen molar-refractivity contribution in [3.8, 4) is 11.5 Å². The summed E-state index contributed by atoms with van der Waals surface area (Å²) < 4.78 is 11.1. The Bertz CT molecular complexity index is 425. The van der Waals surface area contributed by atoms with Gasteiger partial charge < -0.3 is 14.8 Å². The molecule has 2 rings (SSSR count).